The van der Waals surface area contributed by atoms with E-state index < -0.39 is 0 Å². The van der Waals surface area contributed by atoms with Gasteiger partial charge in [0.25, 0.3) is 0 Å². The lowest BCUT2D eigenvalue weighted by Crippen LogP contribution is -2.16. The predicted molar refractivity (Wildman–Crippen MR) is 195 cm³/mol. The van der Waals surface area contributed by atoms with Gasteiger partial charge in [-0.1, -0.05) is 157 Å². The van der Waals surface area contributed by atoms with Gasteiger partial charge in [0.1, 0.15) is 0 Å². The van der Waals surface area contributed by atoms with Gasteiger partial charge in [0.15, 0.2) is 0 Å². The molecule has 6 rings (SSSR count). The summed E-state index contributed by atoms with van der Waals surface area (Å²) in [5.41, 5.74) is 13.6. The normalized spacial score (nSPS) is 11.8. The maximum Gasteiger partial charge on any atom is 0.0462 e. The quantitative estimate of drug-likeness (QED) is 0.188. The van der Waals surface area contributed by atoms with Crippen molar-refractivity contribution in [2.75, 3.05) is 4.90 Å². The van der Waals surface area contributed by atoms with Crippen molar-refractivity contribution in [3.63, 3.8) is 0 Å². The molecule has 0 aliphatic rings. The maximum absolute atomic E-state index is 2.39. The molecule has 0 N–H and O–H groups in total. The van der Waals surface area contributed by atoms with Crippen molar-refractivity contribution in [3.05, 3.63) is 163 Å². The van der Waals surface area contributed by atoms with Gasteiger partial charge in [0.2, 0.25) is 0 Å². The van der Waals surface area contributed by atoms with Gasteiger partial charge >= 0.3 is 0 Å². The van der Waals surface area contributed by atoms with Gasteiger partial charge in [-0.05, 0) is 91.7 Å². The van der Waals surface area contributed by atoms with E-state index in [0.29, 0.717) is 0 Å². The first kappa shape index (κ1) is 30.2. The SMILES string of the molecule is CC(C)(C)c1cc(-c2ccc(N(c3ccc(-c4ccccc4)cc3)c3ccc(-c4ccccc4)cc3)cc2)cc(C(C)(C)C)c1. The Morgan fingerprint density at radius 2 is 0.600 bits per heavy atom. The molecular weight excluding hydrogens is 542 g/mol. The Bertz CT molecular complexity index is 1740. The number of hydrogen-bond acceptors (Lipinski definition) is 1. The summed E-state index contributed by atoms with van der Waals surface area (Å²) < 4.78 is 0. The maximum atomic E-state index is 2.39. The van der Waals surface area contributed by atoms with Gasteiger partial charge in [-0.3, -0.25) is 0 Å². The lowest BCUT2D eigenvalue weighted by Gasteiger charge is -2.27. The number of nitrogens with zero attached hydrogens (tertiary/aromatic N) is 1. The Balaban J connectivity index is 1.40. The molecule has 0 saturated heterocycles. The predicted octanol–water partition coefficient (Wildman–Crippen LogP) is 12.8. The molecule has 6 aromatic rings. The molecule has 6 aromatic carbocycles. The molecule has 1 heteroatoms. The summed E-state index contributed by atoms with van der Waals surface area (Å²) in [5.74, 6) is 0. The third kappa shape index (κ3) is 6.79. The van der Waals surface area contributed by atoms with Crippen LogP contribution < -0.4 is 4.90 Å². The van der Waals surface area contributed by atoms with E-state index in [1.54, 1.807) is 0 Å². The molecule has 0 aliphatic heterocycles. The topological polar surface area (TPSA) is 3.24 Å². The Labute approximate surface area is 269 Å². The van der Waals surface area contributed by atoms with Crippen molar-refractivity contribution < 1.29 is 0 Å². The van der Waals surface area contributed by atoms with Crippen LogP contribution in [0.5, 0.6) is 0 Å². The molecule has 0 unspecified atom stereocenters. The minimum atomic E-state index is 0.0740. The van der Waals surface area contributed by atoms with Crippen molar-refractivity contribution in [2.24, 2.45) is 0 Å². The zero-order valence-corrected chi connectivity index (χ0v) is 27.4. The Morgan fingerprint density at radius 3 is 0.911 bits per heavy atom. The van der Waals surface area contributed by atoms with E-state index in [4.69, 9.17) is 0 Å². The second kappa shape index (κ2) is 12.3. The number of rotatable bonds is 6. The van der Waals surface area contributed by atoms with Crippen LogP contribution in [0.3, 0.4) is 0 Å². The standard InChI is InChI=1S/C44H43N/c1-43(2,3)38-29-37(30-39(31-38)44(4,5)6)36-21-27-42(28-22-36)45(40-23-17-34(18-24-40)32-13-9-7-10-14-32)41-25-19-35(20-26-41)33-15-11-8-12-16-33/h7-31H,1-6H3. The second-order valence-corrected chi connectivity index (χ2v) is 14.0. The average molecular weight is 586 g/mol. The van der Waals surface area contributed by atoms with E-state index in [-0.39, 0.29) is 10.8 Å². The number of anilines is 3. The third-order valence-electron chi connectivity index (χ3n) is 8.59. The second-order valence-electron chi connectivity index (χ2n) is 14.0. The summed E-state index contributed by atoms with van der Waals surface area (Å²) in [6, 6.07) is 55.1. The fraction of sp³-hybridized carbons (Fsp3) is 0.182. The summed E-state index contributed by atoms with van der Waals surface area (Å²) in [6.07, 6.45) is 0. The molecule has 0 aromatic heterocycles. The van der Waals surface area contributed by atoms with Crippen molar-refractivity contribution in [1.82, 2.24) is 0 Å². The van der Waals surface area contributed by atoms with E-state index in [1.165, 1.54) is 44.5 Å². The molecule has 224 valence electrons. The van der Waals surface area contributed by atoms with Crippen molar-refractivity contribution in [1.29, 1.82) is 0 Å². The van der Waals surface area contributed by atoms with Crippen LogP contribution in [-0.4, -0.2) is 0 Å². The first-order valence-corrected chi connectivity index (χ1v) is 15.9. The lowest BCUT2D eigenvalue weighted by molar-refractivity contribution is 0.569. The molecule has 0 saturated carbocycles. The Morgan fingerprint density at radius 1 is 0.311 bits per heavy atom. The van der Waals surface area contributed by atoms with Gasteiger partial charge in [-0.15, -0.1) is 0 Å². The first-order chi connectivity index (χ1) is 21.6. The molecule has 0 spiro atoms. The zero-order valence-electron chi connectivity index (χ0n) is 27.4. The smallest absolute Gasteiger partial charge is 0.0462 e. The molecule has 0 fully saturated rings. The van der Waals surface area contributed by atoms with Crippen LogP contribution in [-0.2, 0) is 10.8 Å². The molecule has 0 atom stereocenters. The highest BCUT2D eigenvalue weighted by Crippen LogP contribution is 2.39. The highest BCUT2D eigenvalue weighted by Gasteiger charge is 2.21. The van der Waals surface area contributed by atoms with Crippen LogP contribution in [0.2, 0.25) is 0 Å². The monoisotopic (exact) mass is 585 g/mol. The molecule has 1 nitrogen and oxygen atoms in total. The van der Waals surface area contributed by atoms with Gasteiger partial charge in [-0.2, -0.15) is 0 Å². The number of benzene rings is 6. The summed E-state index contributed by atoms with van der Waals surface area (Å²) in [6.45, 7) is 13.8. The zero-order chi connectivity index (χ0) is 31.6. The van der Waals surface area contributed by atoms with Crippen LogP contribution in [0.15, 0.2) is 152 Å². The molecule has 0 amide bonds. The van der Waals surface area contributed by atoms with Crippen LogP contribution in [0, 0.1) is 0 Å². The fourth-order valence-electron chi connectivity index (χ4n) is 5.78. The largest absolute Gasteiger partial charge is 0.311 e. The summed E-state index contributed by atoms with van der Waals surface area (Å²) >= 11 is 0. The molecule has 0 radical (unpaired) electrons. The van der Waals surface area contributed by atoms with Gasteiger partial charge < -0.3 is 4.90 Å². The molecule has 45 heavy (non-hydrogen) atoms. The molecule has 0 bridgehead atoms. The summed E-state index contributed by atoms with van der Waals surface area (Å²) in [7, 11) is 0. The minimum Gasteiger partial charge on any atom is -0.311 e. The highest BCUT2D eigenvalue weighted by atomic mass is 15.1. The van der Waals surface area contributed by atoms with E-state index in [9.17, 15) is 0 Å². The van der Waals surface area contributed by atoms with E-state index >= 15 is 0 Å². The van der Waals surface area contributed by atoms with E-state index in [1.807, 2.05) is 0 Å². The summed E-state index contributed by atoms with van der Waals surface area (Å²) in [5, 5.41) is 0. The van der Waals surface area contributed by atoms with Gasteiger partial charge in [0, 0.05) is 17.1 Å². The first-order valence-electron chi connectivity index (χ1n) is 15.9. The summed E-state index contributed by atoms with van der Waals surface area (Å²) in [4.78, 5) is 2.35. The fourth-order valence-corrected chi connectivity index (χ4v) is 5.78. The van der Waals surface area contributed by atoms with Crippen LogP contribution in [0.1, 0.15) is 52.7 Å². The van der Waals surface area contributed by atoms with Crippen molar-refractivity contribution >= 4 is 17.1 Å². The van der Waals surface area contributed by atoms with Crippen molar-refractivity contribution in [3.8, 4) is 33.4 Å². The number of hydrogen-bond donors (Lipinski definition) is 0. The molecular formula is C44H43N. The highest BCUT2D eigenvalue weighted by molar-refractivity contribution is 5.81. The third-order valence-corrected chi connectivity index (χ3v) is 8.59. The van der Waals surface area contributed by atoms with Crippen LogP contribution in [0.25, 0.3) is 33.4 Å². The molecule has 0 aliphatic carbocycles. The van der Waals surface area contributed by atoms with Crippen LogP contribution >= 0.6 is 0 Å². The van der Waals surface area contributed by atoms with Gasteiger partial charge in [-0.25, -0.2) is 0 Å². The van der Waals surface area contributed by atoms with Crippen LogP contribution in [0.4, 0.5) is 17.1 Å². The van der Waals surface area contributed by atoms with Gasteiger partial charge in [0.05, 0.1) is 0 Å². The van der Waals surface area contributed by atoms with E-state index in [2.05, 4.69) is 198 Å². The average Bonchev–Trinajstić information content (AvgIpc) is 3.06. The Hall–Kier alpha value is -4.88. The van der Waals surface area contributed by atoms with Crippen molar-refractivity contribution in [2.45, 2.75) is 52.4 Å². The lowest BCUT2D eigenvalue weighted by atomic mass is 9.79. The molecule has 0 heterocycles. The Kier molecular flexibility index (Phi) is 8.21. The van der Waals surface area contributed by atoms with E-state index in [0.717, 1.165) is 17.1 Å². The minimum absolute atomic E-state index is 0.0740.